The minimum Gasteiger partial charge on any atom is -0.478 e. The van der Waals surface area contributed by atoms with Crippen LogP contribution in [0.25, 0.3) is 0 Å². The van der Waals surface area contributed by atoms with Gasteiger partial charge in [-0.25, -0.2) is 9.18 Å². The first-order valence-electron chi connectivity index (χ1n) is 7.94. The number of carboxylic acids is 1. The Bertz CT molecular complexity index is 685. The Kier molecular flexibility index (Phi) is 3.50. The molecule has 2 atom stereocenters. The average molecular weight is 319 g/mol. The number of rotatable bonds is 2. The lowest BCUT2D eigenvalue weighted by Crippen LogP contribution is -2.38. The van der Waals surface area contributed by atoms with Crippen molar-refractivity contribution in [2.75, 3.05) is 6.54 Å². The monoisotopic (exact) mass is 319 g/mol. The summed E-state index contributed by atoms with van der Waals surface area (Å²) in [5.41, 5.74) is 0.0779. The Hall–Kier alpha value is -1.91. The predicted molar refractivity (Wildman–Crippen MR) is 83.9 cm³/mol. The van der Waals surface area contributed by atoms with Crippen LogP contribution >= 0.6 is 0 Å². The number of carboxylic acid groups (broad SMARTS) is 1. The number of nitrogens with zero attached hydrogens (tertiary/aromatic N) is 1. The van der Waals surface area contributed by atoms with Crippen LogP contribution in [0, 0.1) is 16.6 Å². The van der Waals surface area contributed by atoms with Crippen molar-refractivity contribution in [2.24, 2.45) is 10.8 Å². The second-order valence-corrected chi connectivity index (χ2v) is 8.15. The maximum atomic E-state index is 14.2. The summed E-state index contributed by atoms with van der Waals surface area (Å²) in [7, 11) is 0. The molecular weight excluding hydrogens is 297 g/mol. The van der Waals surface area contributed by atoms with Crippen molar-refractivity contribution in [2.45, 2.75) is 46.1 Å². The summed E-state index contributed by atoms with van der Waals surface area (Å²) in [5, 5.41) is 8.90. The van der Waals surface area contributed by atoms with Gasteiger partial charge in [-0.15, -0.1) is 0 Å². The van der Waals surface area contributed by atoms with E-state index in [2.05, 4.69) is 20.8 Å². The molecule has 1 saturated heterocycles. The summed E-state index contributed by atoms with van der Waals surface area (Å²) in [5.74, 6) is -2.29. The lowest BCUT2D eigenvalue weighted by atomic mass is 9.65. The van der Waals surface area contributed by atoms with Gasteiger partial charge in [0, 0.05) is 12.6 Å². The van der Waals surface area contributed by atoms with E-state index in [-0.39, 0.29) is 33.9 Å². The second kappa shape index (κ2) is 5.05. The van der Waals surface area contributed by atoms with E-state index >= 15 is 0 Å². The van der Waals surface area contributed by atoms with Crippen molar-refractivity contribution < 1.29 is 19.1 Å². The van der Waals surface area contributed by atoms with Crippen molar-refractivity contribution in [1.82, 2.24) is 4.90 Å². The molecule has 2 fully saturated rings. The van der Waals surface area contributed by atoms with Crippen molar-refractivity contribution >= 4 is 11.9 Å². The largest absolute Gasteiger partial charge is 0.478 e. The molecule has 2 aliphatic rings. The second-order valence-electron chi connectivity index (χ2n) is 8.15. The van der Waals surface area contributed by atoms with Gasteiger partial charge in [-0.2, -0.15) is 0 Å². The van der Waals surface area contributed by atoms with Crippen LogP contribution in [0.5, 0.6) is 0 Å². The van der Waals surface area contributed by atoms with Gasteiger partial charge < -0.3 is 10.0 Å². The van der Waals surface area contributed by atoms with Crippen molar-refractivity contribution in [3.8, 4) is 0 Å². The van der Waals surface area contributed by atoms with Gasteiger partial charge in [0.05, 0.1) is 11.1 Å². The third-order valence-corrected chi connectivity index (χ3v) is 5.12. The van der Waals surface area contributed by atoms with Crippen LogP contribution in [0.1, 0.15) is 60.7 Å². The summed E-state index contributed by atoms with van der Waals surface area (Å²) in [4.78, 5) is 25.5. The summed E-state index contributed by atoms with van der Waals surface area (Å²) >= 11 is 0. The lowest BCUT2D eigenvalue weighted by molar-refractivity contribution is 0.0683. The van der Waals surface area contributed by atoms with Crippen LogP contribution in [0.15, 0.2) is 18.2 Å². The first-order valence-corrected chi connectivity index (χ1v) is 7.94. The van der Waals surface area contributed by atoms with Gasteiger partial charge in [-0.1, -0.05) is 20.8 Å². The summed E-state index contributed by atoms with van der Waals surface area (Å²) in [6, 6.07) is 3.63. The predicted octanol–water partition coefficient (Wildman–Crippen LogP) is 3.56. The minimum absolute atomic E-state index is 0.0380. The number of hydrogen-bond donors (Lipinski definition) is 1. The van der Waals surface area contributed by atoms with E-state index < -0.39 is 11.8 Å². The number of fused-ring (bicyclic) bond motifs is 2. The lowest BCUT2D eigenvalue weighted by Gasteiger charge is -2.39. The van der Waals surface area contributed by atoms with Gasteiger partial charge in [0.1, 0.15) is 5.82 Å². The molecule has 1 aliphatic carbocycles. The highest BCUT2D eigenvalue weighted by Crippen LogP contribution is 2.52. The molecule has 3 rings (SSSR count). The van der Waals surface area contributed by atoms with Crippen LogP contribution in [-0.4, -0.2) is 34.5 Å². The standard InChI is InChI=1S/C18H22FNO3/c1-17(2)7-12-8-18(3,9-17)10-20(12)15(21)13-5-4-11(16(22)23)6-14(13)19/h4-6,12H,7-10H2,1-3H3,(H,22,23). The Labute approximate surface area is 135 Å². The fraction of sp³-hybridized carbons (Fsp3) is 0.556. The topological polar surface area (TPSA) is 57.6 Å². The van der Waals surface area contributed by atoms with Crippen LogP contribution in [0.2, 0.25) is 0 Å². The molecule has 124 valence electrons. The number of carbonyl (C=O) groups is 2. The zero-order chi connectivity index (χ0) is 17.0. The molecule has 4 nitrogen and oxygen atoms in total. The fourth-order valence-electron chi connectivity index (χ4n) is 4.67. The maximum absolute atomic E-state index is 14.2. The number of carbonyl (C=O) groups excluding carboxylic acids is 1. The number of amides is 1. The number of halogens is 1. The summed E-state index contributed by atoms with van der Waals surface area (Å²) in [6.07, 6.45) is 2.93. The van der Waals surface area contributed by atoms with Gasteiger partial charge in [0.2, 0.25) is 0 Å². The Morgan fingerprint density at radius 2 is 1.96 bits per heavy atom. The van der Waals surface area contributed by atoms with E-state index in [0.717, 1.165) is 25.3 Å². The number of likely N-dealkylation sites (tertiary alicyclic amines) is 1. The Balaban J connectivity index is 1.89. The van der Waals surface area contributed by atoms with Crippen LogP contribution in [-0.2, 0) is 0 Å². The summed E-state index contributed by atoms with van der Waals surface area (Å²) in [6.45, 7) is 7.26. The molecule has 1 aromatic rings. The normalized spacial score (nSPS) is 28.7. The van der Waals surface area contributed by atoms with Crippen molar-refractivity contribution in [3.63, 3.8) is 0 Å². The van der Waals surface area contributed by atoms with E-state index in [9.17, 15) is 14.0 Å². The van der Waals surface area contributed by atoms with E-state index in [1.807, 2.05) is 0 Å². The number of aromatic carboxylic acids is 1. The van der Waals surface area contributed by atoms with Gasteiger partial charge in [0.15, 0.2) is 0 Å². The molecule has 1 aromatic carbocycles. The highest BCUT2D eigenvalue weighted by molar-refractivity contribution is 5.96. The van der Waals surface area contributed by atoms with Crippen molar-refractivity contribution in [1.29, 1.82) is 0 Å². The molecule has 1 amide bonds. The van der Waals surface area contributed by atoms with Gasteiger partial charge >= 0.3 is 5.97 Å². The Morgan fingerprint density at radius 3 is 2.57 bits per heavy atom. The third kappa shape index (κ3) is 2.84. The molecule has 0 spiro atoms. The average Bonchev–Trinajstić information content (AvgIpc) is 2.67. The molecule has 0 radical (unpaired) electrons. The first-order chi connectivity index (χ1) is 10.6. The van der Waals surface area contributed by atoms with E-state index in [1.165, 1.54) is 12.1 Å². The SMILES string of the molecule is CC1(C)CC2CC(C)(CN2C(=O)c2ccc(C(=O)O)cc2F)C1. The third-order valence-electron chi connectivity index (χ3n) is 5.12. The Morgan fingerprint density at radius 1 is 1.26 bits per heavy atom. The molecule has 1 N–H and O–H groups in total. The van der Waals surface area contributed by atoms with Gasteiger partial charge in [-0.05, 0) is 48.3 Å². The van der Waals surface area contributed by atoms with Crippen LogP contribution in [0.4, 0.5) is 4.39 Å². The minimum atomic E-state index is -1.20. The zero-order valence-corrected chi connectivity index (χ0v) is 13.7. The van der Waals surface area contributed by atoms with Gasteiger partial charge in [-0.3, -0.25) is 4.79 Å². The van der Waals surface area contributed by atoms with Gasteiger partial charge in [0.25, 0.3) is 5.91 Å². The fourth-order valence-corrected chi connectivity index (χ4v) is 4.67. The van der Waals surface area contributed by atoms with Crippen LogP contribution in [0.3, 0.4) is 0 Å². The highest BCUT2D eigenvalue weighted by atomic mass is 19.1. The molecular formula is C18H22FNO3. The van der Waals surface area contributed by atoms with E-state index in [1.54, 1.807) is 4.90 Å². The molecule has 2 bridgehead atoms. The van der Waals surface area contributed by atoms with Crippen LogP contribution < -0.4 is 0 Å². The smallest absolute Gasteiger partial charge is 0.335 e. The molecule has 2 unspecified atom stereocenters. The van der Waals surface area contributed by atoms with E-state index in [4.69, 9.17) is 5.11 Å². The molecule has 5 heteroatoms. The molecule has 1 aliphatic heterocycles. The maximum Gasteiger partial charge on any atom is 0.335 e. The van der Waals surface area contributed by atoms with Crippen molar-refractivity contribution in [3.05, 3.63) is 35.1 Å². The zero-order valence-electron chi connectivity index (χ0n) is 13.7. The molecule has 23 heavy (non-hydrogen) atoms. The summed E-state index contributed by atoms with van der Waals surface area (Å²) < 4.78 is 14.2. The highest BCUT2D eigenvalue weighted by Gasteiger charge is 2.51. The molecule has 0 aromatic heterocycles. The quantitative estimate of drug-likeness (QED) is 0.906. The molecule has 1 saturated carbocycles. The number of benzene rings is 1. The van der Waals surface area contributed by atoms with E-state index in [0.29, 0.717) is 6.54 Å². The first kappa shape index (κ1) is 16.0. The number of hydrogen-bond acceptors (Lipinski definition) is 2. The molecule has 1 heterocycles.